The first-order valence-electron chi connectivity index (χ1n) is 5.75. The summed E-state index contributed by atoms with van der Waals surface area (Å²) in [4.78, 5) is 12.2. The average molecular weight is 281 g/mol. The van der Waals surface area contributed by atoms with Crippen LogP contribution >= 0.6 is 11.6 Å². The zero-order valence-electron chi connectivity index (χ0n) is 10.6. The van der Waals surface area contributed by atoms with Gasteiger partial charge in [0, 0.05) is 17.5 Å². The smallest absolute Gasteiger partial charge is 0.302 e. The number of hydrogen-bond acceptors (Lipinski definition) is 5. The van der Waals surface area contributed by atoms with Crippen LogP contribution in [0.2, 0.25) is 5.02 Å². The summed E-state index contributed by atoms with van der Waals surface area (Å²) in [6.07, 6.45) is -0.301. The Balaban J connectivity index is 2.06. The van der Waals surface area contributed by atoms with E-state index < -0.39 is 0 Å². The Bertz CT molecular complexity index is 567. The third-order valence-corrected chi connectivity index (χ3v) is 2.59. The molecule has 0 saturated carbocycles. The van der Waals surface area contributed by atoms with Crippen molar-refractivity contribution in [2.24, 2.45) is 0 Å². The SMILES string of the molecule is CC(=O)O[C@H](C)Cn1nnc(-c2ccc(Cl)cc2)n1. The van der Waals surface area contributed by atoms with Gasteiger partial charge in [-0.3, -0.25) is 4.79 Å². The van der Waals surface area contributed by atoms with E-state index in [1.54, 1.807) is 19.1 Å². The molecule has 19 heavy (non-hydrogen) atoms. The maximum Gasteiger partial charge on any atom is 0.302 e. The minimum atomic E-state index is -0.328. The molecular weight excluding hydrogens is 268 g/mol. The van der Waals surface area contributed by atoms with Crippen LogP contribution in [-0.4, -0.2) is 32.3 Å². The van der Waals surface area contributed by atoms with Gasteiger partial charge in [-0.2, -0.15) is 4.80 Å². The number of carbonyl (C=O) groups excluding carboxylic acids is 1. The van der Waals surface area contributed by atoms with Crippen molar-refractivity contribution >= 4 is 17.6 Å². The highest BCUT2D eigenvalue weighted by Crippen LogP contribution is 2.16. The van der Waals surface area contributed by atoms with Crippen molar-refractivity contribution < 1.29 is 9.53 Å². The molecule has 1 aromatic heterocycles. The molecule has 0 aliphatic rings. The molecule has 2 aromatic rings. The summed E-state index contributed by atoms with van der Waals surface area (Å²) in [7, 11) is 0. The van der Waals surface area contributed by atoms with Crippen molar-refractivity contribution in [1.82, 2.24) is 20.2 Å². The number of tetrazole rings is 1. The minimum Gasteiger partial charge on any atom is -0.461 e. The van der Waals surface area contributed by atoms with Crippen LogP contribution in [0.4, 0.5) is 0 Å². The Kier molecular flexibility index (Phi) is 4.11. The van der Waals surface area contributed by atoms with Crippen LogP contribution in [0.5, 0.6) is 0 Å². The average Bonchev–Trinajstić information content (AvgIpc) is 2.77. The van der Waals surface area contributed by atoms with E-state index >= 15 is 0 Å². The van der Waals surface area contributed by atoms with E-state index in [-0.39, 0.29) is 12.1 Å². The maximum absolute atomic E-state index is 10.8. The maximum atomic E-state index is 10.8. The van der Waals surface area contributed by atoms with Crippen molar-refractivity contribution in [3.8, 4) is 11.4 Å². The van der Waals surface area contributed by atoms with Gasteiger partial charge in [-0.25, -0.2) is 0 Å². The molecule has 1 heterocycles. The topological polar surface area (TPSA) is 69.9 Å². The van der Waals surface area contributed by atoms with Gasteiger partial charge < -0.3 is 4.74 Å². The Labute approximate surface area is 115 Å². The lowest BCUT2D eigenvalue weighted by atomic mass is 10.2. The molecular formula is C12H13ClN4O2. The Morgan fingerprint density at radius 3 is 2.74 bits per heavy atom. The predicted octanol–water partition coefficient (Wildman–Crippen LogP) is 1.95. The molecule has 1 atom stereocenters. The van der Waals surface area contributed by atoms with E-state index in [1.165, 1.54) is 11.7 Å². The summed E-state index contributed by atoms with van der Waals surface area (Å²) in [5.41, 5.74) is 0.829. The lowest BCUT2D eigenvalue weighted by Gasteiger charge is -2.09. The number of aromatic nitrogens is 4. The molecule has 0 spiro atoms. The molecule has 7 heteroatoms. The van der Waals surface area contributed by atoms with E-state index in [1.807, 2.05) is 12.1 Å². The van der Waals surface area contributed by atoms with Gasteiger partial charge >= 0.3 is 5.97 Å². The molecule has 0 N–H and O–H groups in total. The Morgan fingerprint density at radius 2 is 2.11 bits per heavy atom. The monoisotopic (exact) mass is 280 g/mol. The van der Waals surface area contributed by atoms with Crippen LogP contribution in [0.1, 0.15) is 13.8 Å². The normalized spacial score (nSPS) is 12.2. The Morgan fingerprint density at radius 1 is 1.42 bits per heavy atom. The summed E-state index contributed by atoms with van der Waals surface area (Å²) in [5, 5.41) is 12.7. The summed E-state index contributed by atoms with van der Waals surface area (Å²) in [6, 6.07) is 7.16. The van der Waals surface area contributed by atoms with E-state index in [0.29, 0.717) is 17.4 Å². The number of rotatable bonds is 4. The second-order valence-electron chi connectivity index (χ2n) is 4.09. The Hall–Kier alpha value is -1.95. The van der Waals surface area contributed by atoms with Crippen molar-refractivity contribution in [2.75, 3.05) is 0 Å². The lowest BCUT2D eigenvalue weighted by Crippen LogP contribution is -2.20. The highest BCUT2D eigenvalue weighted by atomic mass is 35.5. The number of benzene rings is 1. The fraction of sp³-hybridized carbons (Fsp3) is 0.333. The highest BCUT2D eigenvalue weighted by Gasteiger charge is 2.10. The van der Waals surface area contributed by atoms with Gasteiger partial charge in [0.2, 0.25) is 5.82 Å². The second-order valence-corrected chi connectivity index (χ2v) is 4.53. The van der Waals surface area contributed by atoms with Crippen LogP contribution in [0, 0.1) is 0 Å². The highest BCUT2D eigenvalue weighted by molar-refractivity contribution is 6.30. The molecule has 1 aromatic carbocycles. The van der Waals surface area contributed by atoms with Crippen LogP contribution < -0.4 is 0 Å². The van der Waals surface area contributed by atoms with E-state index in [9.17, 15) is 4.79 Å². The number of halogens is 1. The lowest BCUT2D eigenvalue weighted by molar-refractivity contribution is -0.146. The zero-order chi connectivity index (χ0) is 13.8. The first-order chi connectivity index (χ1) is 9.04. The molecule has 0 radical (unpaired) electrons. The first kappa shape index (κ1) is 13.5. The van der Waals surface area contributed by atoms with E-state index in [2.05, 4.69) is 15.4 Å². The van der Waals surface area contributed by atoms with Crippen molar-refractivity contribution in [2.45, 2.75) is 26.5 Å². The van der Waals surface area contributed by atoms with Crippen LogP contribution in [0.15, 0.2) is 24.3 Å². The van der Waals surface area contributed by atoms with Gasteiger partial charge in [-0.1, -0.05) is 11.6 Å². The third kappa shape index (κ3) is 3.75. The second kappa shape index (κ2) is 5.79. The quantitative estimate of drug-likeness (QED) is 0.801. The summed E-state index contributed by atoms with van der Waals surface area (Å²) >= 11 is 5.81. The van der Waals surface area contributed by atoms with Crippen LogP contribution in [0.25, 0.3) is 11.4 Å². The van der Waals surface area contributed by atoms with Crippen LogP contribution in [0.3, 0.4) is 0 Å². The van der Waals surface area contributed by atoms with Crippen molar-refractivity contribution in [3.05, 3.63) is 29.3 Å². The summed E-state index contributed by atoms with van der Waals surface area (Å²) < 4.78 is 5.00. The molecule has 2 rings (SSSR count). The minimum absolute atomic E-state index is 0.301. The number of carbonyl (C=O) groups is 1. The number of hydrogen-bond donors (Lipinski definition) is 0. The number of esters is 1. The van der Waals surface area contributed by atoms with Crippen molar-refractivity contribution in [1.29, 1.82) is 0 Å². The van der Waals surface area contributed by atoms with Gasteiger partial charge in [0.15, 0.2) is 0 Å². The first-order valence-corrected chi connectivity index (χ1v) is 6.13. The van der Waals surface area contributed by atoms with Gasteiger partial charge in [0.05, 0.1) is 6.54 Å². The number of nitrogens with zero attached hydrogens (tertiary/aromatic N) is 4. The number of ether oxygens (including phenoxy) is 1. The standard InChI is InChI=1S/C12H13ClN4O2/c1-8(19-9(2)18)7-17-15-12(14-16-17)10-3-5-11(13)6-4-10/h3-6,8H,7H2,1-2H3/t8-/m1/s1. The summed E-state index contributed by atoms with van der Waals surface area (Å²) in [5.74, 6) is 0.178. The molecule has 0 amide bonds. The molecule has 6 nitrogen and oxygen atoms in total. The zero-order valence-corrected chi connectivity index (χ0v) is 11.3. The van der Waals surface area contributed by atoms with E-state index in [0.717, 1.165) is 5.56 Å². The fourth-order valence-electron chi connectivity index (χ4n) is 1.59. The largest absolute Gasteiger partial charge is 0.461 e. The molecule has 0 saturated heterocycles. The van der Waals surface area contributed by atoms with Crippen LogP contribution in [-0.2, 0) is 16.1 Å². The van der Waals surface area contributed by atoms with Gasteiger partial charge in [-0.15, -0.1) is 10.2 Å². The molecule has 100 valence electrons. The third-order valence-electron chi connectivity index (χ3n) is 2.34. The predicted molar refractivity (Wildman–Crippen MR) is 69.5 cm³/mol. The molecule has 0 aliphatic heterocycles. The fourth-order valence-corrected chi connectivity index (χ4v) is 1.71. The van der Waals surface area contributed by atoms with Gasteiger partial charge in [0.1, 0.15) is 6.10 Å². The van der Waals surface area contributed by atoms with Crippen molar-refractivity contribution in [3.63, 3.8) is 0 Å². The molecule has 0 fully saturated rings. The van der Waals surface area contributed by atoms with E-state index in [4.69, 9.17) is 16.3 Å². The molecule has 0 unspecified atom stereocenters. The molecule has 0 bridgehead atoms. The van der Waals surface area contributed by atoms with Gasteiger partial charge in [0.25, 0.3) is 0 Å². The summed E-state index contributed by atoms with van der Waals surface area (Å²) in [6.45, 7) is 3.50. The van der Waals surface area contributed by atoms with Gasteiger partial charge in [-0.05, 0) is 36.4 Å². The molecule has 0 aliphatic carbocycles.